The molecular formula is C23H21FN4O. The maximum absolute atomic E-state index is 13.5. The Labute approximate surface area is 169 Å². The van der Waals surface area contributed by atoms with Crippen LogP contribution < -0.4 is 10.6 Å². The highest BCUT2D eigenvalue weighted by Crippen LogP contribution is 2.35. The van der Waals surface area contributed by atoms with E-state index in [1.54, 1.807) is 6.07 Å². The molecule has 1 heterocycles. The summed E-state index contributed by atoms with van der Waals surface area (Å²) < 4.78 is 13.5. The van der Waals surface area contributed by atoms with Gasteiger partial charge in [0.1, 0.15) is 17.9 Å². The molecule has 0 spiro atoms. The van der Waals surface area contributed by atoms with E-state index in [9.17, 15) is 14.4 Å². The summed E-state index contributed by atoms with van der Waals surface area (Å²) in [4.78, 5) is 12.5. The van der Waals surface area contributed by atoms with Gasteiger partial charge in [-0.15, -0.1) is 0 Å². The van der Waals surface area contributed by atoms with Gasteiger partial charge in [-0.2, -0.15) is 10.5 Å². The first kappa shape index (κ1) is 19.1. The molecule has 2 aliphatic rings. The number of carbonyl (C=O) groups excluding carboxylic acids is 1. The summed E-state index contributed by atoms with van der Waals surface area (Å²) in [5.74, 6) is -0.242. The molecule has 6 heteroatoms. The number of nitrogens with zero attached hydrogens (tertiary/aromatic N) is 2. The fourth-order valence-corrected chi connectivity index (χ4v) is 4.40. The van der Waals surface area contributed by atoms with Gasteiger partial charge in [-0.25, -0.2) is 4.39 Å². The lowest BCUT2D eigenvalue weighted by molar-refractivity contribution is -0.124. The lowest BCUT2D eigenvalue weighted by atomic mass is 9.98. The van der Waals surface area contributed by atoms with Crippen LogP contribution in [0.15, 0.2) is 42.5 Å². The van der Waals surface area contributed by atoms with Crippen LogP contribution in [0.2, 0.25) is 0 Å². The Morgan fingerprint density at radius 3 is 2.55 bits per heavy atom. The van der Waals surface area contributed by atoms with Crippen molar-refractivity contribution in [1.29, 1.82) is 10.5 Å². The maximum atomic E-state index is 13.5. The Balaban J connectivity index is 1.40. The first-order valence-corrected chi connectivity index (χ1v) is 9.82. The predicted octanol–water partition coefficient (Wildman–Crippen LogP) is 3.06. The number of nitrogens with one attached hydrogen (secondary N) is 2. The summed E-state index contributed by atoms with van der Waals surface area (Å²) in [6.07, 6.45) is 3.67. The summed E-state index contributed by atoms with van der Waals surface area (Å²) >= 11 is 0. The Hall–Kier alpha value is -3.22. The second-order valence-corrected chi connectivity index (χ2v) is 7.81. The third-order valence-corrected chi connectivity index (χ3v) is 5.93. The minimum Gasteiger partial charge on any atom is -0.339 e. The van der Waals surface area contributed by atoms with Crippen LogP contribution in [-0.4, -0.2) is 24.0 Å². The summed E-state index contributed by atoms with van der Waals surface area (Å²) in [7, 11) is 0. The fourth-order valence-electron chi connectivity index (χ4n) is 4.40. The molecule has 2 fully saturated rings. The van der Waals surface area contributed by atoms with Gasteiger partial charge in [0.15, 0.2) is 0 Å². The second-order valence-electron chi connectivity index (χ2n) is 7.81. The number of hydrogen-bond acceptors (Lipinski definition) is 4. The third-order valence-electron chi connectivity index (χ3n) is 5.93. The van der Waals surface area contributed by atoms with Gasteiger partial charge in [0.25, 0.3) is 0 Å². The lowest BCUT2D eigenvalue weighted by Gasteiger charge is -2.23. The standard InChI is InChI=1S/C23H21FN4O/c24-21-8-6-16(10-18(21)12-25)15-3-1-14(2-4-15)9-20(13-26)28-23(29)22-17-5-7-19(11-17)27-22/h1-4,6,8,10,17,19-20,22,27H,5,7,9,11H2,(H,28,29)/t17-,19+,20-,22-/m0/s1. The molecule has 1 saturated carbocycles. The van der Waals surface area contributed by atoms with Gasteiger partial charge in [0.05, 0.1) is 17.7 Å². The molecular weight excluding hydrogens is 367 g/mol. The molecule has 0 aromatic heterocycles. The van der Waals surface area contributed by atoms with E-state index in [0.29, 0.717) is 18.4 Å². The Kier molecular flexibility index (Phi) is 5.29. The summed E-state index contributed by atoms with van der Waals surface area (Å²) in [5, 5.41) is 24.7. The van der Waals surface area contributed by atoms with Crippen molar-refractivity contribution in [3.05, 3.63) is 59.4 Å². The summed E-state index contributed by atoms with van der Waals surface area (Å²) in [5.41, 5.74) is 2.54. The first-order valence-electron chi connectivity index (χ1n) is 9.82. The van der Waals surface area contributed by atoms with Crippen molar-refractivity contribution in [2.75, 3.05) is 0 Å². The van der Waals surface area contributed by atoms with Crippen LogP contribution in [0.1, 0.15) is 30.4 Å². The van der Waals surface area contributed by atoms with Gasteiger partial charge in [-0.3, -0.25) is 4.79 Å². The molecule has 2 aromatic carbocycles. The molecule has 0 unspecified atom stereocenters. The van der Waals surface area contributed by atoms with Crippen molar-refractivity contribution in [2.45, 2.75) is 43.8 Å². The number of piperidine rings is 1. The number of halogens is 1. The van der Waals surface area contributed by atoms with E-state index < -0.39 is 11.9 Å². The number of rotatable bonds is 5. The van der Waals surface area contributed by atoms with E-state index in [1.807, 2.05) is 30.3 Å². The van der Waals surface area contributed by atoms with Gasteiger partial charge >= 0.3 is 0 Å². The van der Waals surface area contributed by atoms with Crippen molar-refractivity contribution >= 4 is 5.91 Å². The third kappa shape index (κ3) is 3.99. The highest BCUT2D eigenvalue weighted by atomic mass is 19.1. The number of nitriles is 2. The highest BCUT2D eigenvalue weighted by molar-refractivity contribution is 5.83. The zero-order valence-electron chi connectivity index (χ0n) is 15.9. The molecule has 146 valence electrons. The van der Waals surface area contributed by atoms with E-state index in [-0.39, 0.29) is 17.5 Å². The van der Waals surface area contributed by atoms with Crippen LogP contribution >= 0.6 is 0 Å². The van der Waals surface area contributed by atoms with Gasteiger partial charge in [0.2, 0.25) is 5.91 Å². The second kappa shape index (κ2) is 8.03. The van der Waals surface area contributed by atoms with Crippen LogP contribution in [0.25, 0.3) is 11.1 Å². The van der Waals surface area contributed by atoms with Crippen molar-refractivity contribution < 1.29 is 9.18 Å². The minimum absolute atomic E-state index is 0.00746. The monoisotopic (exact) mass is 388 g/mol. The number of amides is 1. The topological polar surface area (TPSA) is 88.7 Å². The Morgan fingerprint density at radius 2 is 1.93 bits per heavy atom. The van der Waals surface area contributed by atoms with Gasteiger partial charge in [0, 0.05) is 12.5 Å². The SMILES string of the molecule is N#Cc1cc(-c2ccc(C[C@@H](C#N)NC(=O)[C@H]3N[C@@H]4CC[C@H]3C4)cc2)ccc1F. The van der Waals surface area contributed by atoms with E-state index in [1.165, 1.54) is 12.1 Å². The Bertz CT molecular complexity index is 1010. The highest BCUT2D eigenvalue weighted by Gasteiger charge is 2.43. The molecule has 2 N–H and O–H groups in total. The molecule has 4 rings (SSSR count). The zero-order valence-corrected chi connectivity index (χ0v) is 15.9. The van der Waals surface area contributed by atoms with Crippen LogP contribution in [0.3, 0.4) is 0 Å². The van der Waals surface area contributed by atoms with Gasteiger partial charge in [-0.1, -0.05) is 30.3 Å². The van der Waals surface area contributed by atoms with Crippen LogP contribution in [0, 0.1) is 34.4 Å². The summed E-state index contributed by atoms with van der Waals surface area (Å²) in [6, 6.07) is 15.6. The summed E-state index contributed by atoms with van der Waals surface area (Å²) in [6.45, 7) is 0. The van der Waals surface area contributed by atoms with E-state index >= 15 is 0 Å². The maximum Gasteiger partial charge on any atom is 0.238 e. The van der Waals surface area contributed by atoms with Crippen LogP contribution in [0.4, 0.5) is 4.39 Å². The molecule has 1 saturated heterocycles. The molecule has 2 aromatic rings. The molecule has 1 amide bonds. The fraction of sp³-hybridized carbons (Fsp3) is 0.348. The smallest absolute Gasteiger partial charge is 0.238 e. The first-order chi connectivity index (χ1) is 14.1. The number of fused-ring (bicyclic) bond motifs is 2. The van der Waals surface area contributed by atoms with Crippen molar-refractivity contribution in [3.63, 3.8) is 0 Å². The van der Waals surface area contributed by atoms with E-state index in [4.69, 9.17) is 5.26 Å². The van der Waals surface area contributed by atoms with Crippen LogP contribution in [-0.2, 0) is 11.2 Å². The lowest BCUT2D eigenvalue weighted by Crippen LogP contribution is -2.50. The molecule has 29 heavy (non-hydrogen) atoms. The largest absolute Gasteiger partial charge is 0.339 e. The van der Waals surface area contributed by atoms with Crippen molar-refractivity contribution in [1.82, 2.24) is 10.6 Å². The Morgan fingerprint density at radius 1 is 1.17 bits per heavy atom. The molecule has 1 aliphatic carbocycles. The minimum atomic E-state index is -0.592. The zero-order chi connectivity index (χ0) is 20.4. The van der Waals surface area contributed by atoms with Crippen molar-refractivity contribution in [3.8, 4) is 23.3 Å². The van der Waals surface area contributed by atoms with Crippen molar-refractivity contribution in [2.24, 2.45) is 5.92 Å². The van der Waals surface area contributed by atoms with Gasteiger partial charge in [-0.05, 0) is 54.0 Å². The number of carbonyl (C=O) groups is 1. The average molecular weight is 388 g/mol. The predicted molar refractivity (Wildman–Crippen MR) is 106 cm³/mol. The molecule has 1 aliphatic heterocycles. The number of benzene rings is 2. The van der Waals surface area contributed by atoms with E-state index in [0.717, 1.165) is 36.0 Å². The van der Waals surface area contributed by atoms with Gasteiger partial charge < -0.3 is 10.6 Å². The number of hydrogen-bond donors (Lipinski definition) is 2. The normalized spacial score (nSPS) is 23.2. The average Bonchev–Trinajstić information content (AvgIpc) is 3.38. The molecule has 4 atom stereocenters. The molecule has 0 radical (unpaired) electrons. The molecule has 2 bridgehead atoms. The quantitative estimate of drug-likeness (QED) is 0.824. The van der Waals surface area contributed by atoms with E-state index in [2.05, 4.69) is 16.7 Å². The molecule has 5 nitrogen and oxygen atoms in total. The van der Waals surface area contributed by atoms with Crippen LogP contribution in [0.5, 0.6) is 0 Å².